The molecule has 0 aromatic carbocycles. The van der Waals surface area contributed by atoms with Gasteiger partial charge in [-0.1, -0.05) is 6.08 Å². The molecule has 0 saturated carbocycles. The number of nitrogens with zero attached hydrogens (tertiary/aromatic N) is 4. The van der Waals surface area contributed by atoms with Gasteiger partial charge in [0.25, 0.3) is 5.91 Å². The summed E-state index contributed by atoms with van der Waals surface area (Å²) in [7, 11) is 5.65. The minimum Gasteiger partial charge on any atom is -0.468 e. The number of fused-ring (bicyclic) bond motifs is 1. The number of aromatic nitrogens is 2. The molecule has 2 aromatic heterocycles. The Kier molecular flexibility index (Phi) is 5.08. The van der Waals surface area contributed by atoms with Crippen LogP contribution < -0.4 is 0 Å². The van der Waals surface area contributed by atoms with E-state index in [4.69, 9.17) is 4.42 Å². The molecule has 0 N–H and O–H groups in total. The number of rotatable bonds is 6. The quantitative estimate of drug-likeness (QED) is 0.756. The van der Waals surface area contributed by atoms with Gasteiger partial charge in [0.1, 0.15) is 5.76 Å². The average molecular weight is 342 g/mol. The van der Waals surface area contributed by atoms with Gasteiger partial charge in [-0.15, -0.1) is 6.58 Å². The van der Waals surface area contributed by atoms with Gasteiger partial charge in [0.05, 0.1) is 19.4 Å². The summed E-state index contributed by atoms with van der Waals surface area (Å²) < 4.78 is 7.40. The highest BCUT2D eigenvalue weighted by molar-refractivity contribution is 5.93. The van der Waals surface area contributed by atoms with E-state index in [0.717, 1.165) is 37.1 Å². The predicted octanol–water partition coefficient (Wildman–Crippen LogP) is 2.35. The van der Waals surface area contributed by atoms with Crippen molar-refractivity contribution in [2.45, 2.75) is 38.4 Å². The van der Waals surface area contributed by atoms with Gasteiger partial charge < -0.3 is 9.32 Å². The maximum Gasteiger partial charge on any atom is 0.274 e. The lowest BCUT2D eigenvalue weighted by molar-refractivity contribution is 0.0819. The van der Waals surface area contributed by atoms with E-state index >= 15 is 0 Å². The van der Waals surface area contributed by atoms with Crippen molar-refractivity contribution in [2.75, 3.05) is 21.1 Å². The third kappa shape index (κ3) is 3.54. The zero-order valence-corrected chi connectivity index (χ0v) is 15.2. The van der Waals surface area contributed by atoms with E-state index in [1.807, 2.05) is 22.9 Å². The van der Waals surface area contributed by atoms with E-state index < -0.39 is 0 Å². The van der Waals surface area contributed by atoms with E-state index in [1.54, 1.807) is 25.3 Å². The molecule has 6 nitrogen and oxygen atoms in total. The van der Waals surface area contributed by atoms with Crippen molar-refractivity contribution >= 4 is 5.91 Å². The molecule has 0 saturated heterocycles. The van der Waals surface area contributed by atoms with Crippen LogP contribution in [0.4, 0.5) is 0 Å². The number of hydrogen-bond donors (Lipinski definition) is 0. The van der Waals surface area contributed by atoms with Crippen LogP contribution in [0.5, 0.6) is 0 Å². The van der Waals surface area contributed by atoms with Crippen molar-refractivity contribution in [3.05, 3.63) is 53.8 Å². The van der Waals surface area contributed by atoms with Gasteiger partial charge in [-0.25, -0.2) is 0 Å². The molecule has 1 aliphatic rings. The van der Waals surface area contributed by atoms with E-state index in [1.165, 1.54) is 5.69 Å². The molecule has 1 unspecified atom stereocenters. The van der Waals surface area contributed by atoms with E-state index in [0.29, 0.717) is 18.3 Å². The predicted molar refractivity (Wildman–Crippen MR) is 96.4 cm³/mol. The fourth-order valence-electron chi connectivity index (χ4n) is 3.48. The number of hydrogen-bond acceptors (Lipinski definition) is 4. The molecule has 1 amide bonds. The minimum absolute atomic E-state index is 0.0339. The Morgan fingerprint density at radius 2 is 2.28 bits per heavy atom. The molecule has 134 valence electrons. The van der Waals surface area contributed by atoms with E-state index in [2.05, 4.69) is 23.6 Å². The first-order valence-electron chi connectivity index (χ1n) is 8.65. The first kappa shape index (κ1) is 17.5. The lowest BCUT2D eigenvalue weighted by Crippen LogP contribution is -2.37. The number of carbonyl (C=O) groups excluding carboxylic acids is 1. The molecular weight excluding hydrogens is 316 g/mol. The highest BCUT2D eigenvalue weighted by Crippen LogP contribution is 2.28. The Morgan fingerprint density at radius 3 is 2.92 bits per heavy atom. The summed E-state index contributed by atoms with van der Waals surface area (Å²) in [5.41, 5.74) is 2.84. The van der Waals surface area contributed by atoms with Gasteiger partial charge in [-0.05, 0) is 38.4 Å². The van der Waals surface area contributed by atoms with Crippen molar-refractivity contribution in [2.24, 2.45) is 0 Å². The van der Waals surface area contributed by atoms with Crippen LogP contribution in [0, 0.1) is 0 Å². The summed E-state index contributed by atoms with van der Waals surface area (Å²) in [5, 5.41) is 4.59. The Labute approximate surface area is 148 Å². The van der Waals surface area contributed by atoms with Crippen LogP contribution in [-0.4, -0.2) is 52.7 Å². The Morgan fingerprint density at radius 1 is 1.48 bits per heavy atom. The minimum atomic E-state index is -0.0339. The van der Waals surface area contributed by atoms with Crippen molar-refractivity contribution in [1.82, 2.24) is 19.6 Å². The molecule has 0 radical (unpaired) electrons. The van der Waals surface area contributed by atoms with Crippen LogP contribution >= 0.6 is 0 Å². The molecule has 25 heavy (non-hydrogen) atoms. The number of furan rings is 1. The zero-order chi connectivity index (χ0) is 18.0. The summed E-state index contributed by atoms with van der Waals surface area (Å²) in [5.74, 6) is 0.925. The summed E-state index contributed by atoms with van der Waals surface area (Å²) in [6, 6.07) is 4.27. The van der Waals surface area contributed by atoms with Gasteiger partial charge in [0, 0.05) is 31.4 Å². The number of carbonyl (C=O) groups is 1. The zero-order valence-electron chi connectivity index (χ0n) is 15.2. The lowest BCUT2D eigenvalue weighted by atomic mass is 9.90. The second-order valence-electron chi connectivity index (χ2n) is 6.84. The highest BCUT2D eigenvalue weighted by atomic mass is 16.3. The average Bonchev–Trinajstić information content (AvgIpc) is 3.22. The third-order valence-corrected chi connectivity index (χ3v) is 4.84. The van der Waals surface area contributed by atoms with Crippen LogP contribution in [0.15, 0.2) is 35.5 Å². The van der Waals surface area contributed by atoms with Gasteiger partial charge in [-0.2, -0.15) is 5.10 Å². The maximum absolute atomic E-state index is 12.6. The van der Waals surface area contributed by atoms with Crippen molar-refractivity contribution in [3.63, 3.8) is 0 Å². The standard InChI is InChI=1S/C19H26N4O2/c1-5-10-23-17-9-8-14(22(4)13-15-7-6-11-25-15)12-16(17)18(20-23)19(24)21(2)3/h5-7,11,14H,1,8-10,12-13H2,2-4H3. The molecule has 2 heterocycles. The highest BCUT2D eigenvalue weighted by Gasteiger charge is 2.31. The summed E-state index contributed by atoms with van der Waals surface area (Å²) in [6.07, 6.45) is 6.33. The lowest BCUT2D eigenvalue weighted by Gasteiger charge is -2.31. The van der Waals surface area contributed by atoms with Crippen LogP contribution in [0.1, 0.15) is 33.9 Å². The normalized spacial score (nSPS) is 16.7. The fraction of sp³-hybridized carbons (Fsp3) is 0.474. The Hall–Kier alpha value is -2.34. The van der Waals surface area contributed by atoms with Gasteiger partial charge >= 0.3 is 0 Å². The van der Waals surface area contributed by atoms with Crippen molar-refractivity contribution in [3.8, 4) is 0 Å². The number of likely N-dealkylation sites (N-methyl/N-ethyl adjacent to an activating group) is 1. The molecule has 0 fully saturated rings. The van der Waals surface area contributed by atoms with Crippen LogP contribution in [0.25, 0.3) is 0 Å². The van der Waals surface area contributed by atoms with Crippen LogP contribution in [0.3, 0.4) is 0 Å². The summed E-state index contributed by atoms with van der Waals surface area (Å²) in [6.45, 7) is 5.21. The first-order chi connectivity index (χ1) is 12.0. The number of amides is 1. The molecular formula is C19H26N4O2. The van der Waals surface area contributed by atoms with Crippen molar-refractivity contribution in [1.29, 1.82) is 0 Å². The Balaban J connectivity index is 1.85. The molecule has 2 aromatic rings. The monoisotopic (exact) mass is 342 g/mol. The van der Waals surface area contributed by atoms with Crippen LogP contribution in [-0.2, 0) is 25.9 Å². The molecule has 3 rings (SSSR count). The third-order valence-electron chi connectivity index (χ3n) is 4.84. The smallest absolute Gasteiger partial charge is 0.274 e. The van der Waals surface area contributed by atoms with E-state index in [9.17, 15) is 4.79 Å². The summed E-state index contributed by atoms with van der Waals surface area (Å²) >= 11 is 0. The molecule has 1 aliphatic carbocycles. The first-order valence-corrected chi connectivity index (χ1v) is 8.65. The molecule has 0 aliphatic heterocycles. The second-order valence-corrected chi connectivity index (χ2v) is 6.84. The maximum atomic E-state index is 12.6. The van der Waals surface area contributed by atoms with Gasteiger partial charge in [0.15, 0.2) is 5.69 Å². The molecule has 0 bridgehead atoms. The summed E-state index contributed by atoms with van der Waals surface area (Å²) in [4.78, 5) is 16.5. The van der Waals surface area contributed by atoms with Crippen molar-refractivity contribution < 1.29 is 9.21 Å². The van der Waals surface area contributed by atoms with Crippen LogP contribution in [0.2, 0.25) is 0 Å². The van der Waals surface area contributed by atoms with E-state index in [-0.39, 0.29) is 5.91 Å². The molecule has 6 heteroatoms. The van der Waals surface area contributed by atoms with Gasteiger partial charge in [-0.3, -0.25) is 14.4 Å². The topological polar surface area (TPSA) is 54.5 Å². The Bertz CT molecular complexity index is 746. The SMILES string of the molecule is C=CCn1nc(C(=O)N(C)C)c2c1CCC(N(C)Cc1ccco1)C2. The number of allylic oxidation sites excluding steroid dienone is 1. The second kappa shape index (κ2) is 7.27. The largest absolute Gasteiger partial charge is 0.468 e. The fourth-order valence-corrected chi connectivity index (χ4v) is 3.48. The molecule has 1 atom stereocenters. The molecule has 0 spiro atoms. The van der Waals surface area contributed by atoms with Gasteiger partial charge in [0.2, 0.25) is 0 Å².